The minimum Gasteiger partial charge on any atom is -0.406 e. The Morgan fingerprint density at radius 1 is 1.25 bits per heavy atom. The normalized spacial score (nSPS) is 18.2. The Balaban J connectivity index is 1.74. The van der Waals surface area contributed by atoms with Crippen molar-refractivity contribution in [3.63, 3.8) is 0 Å². The fraction of sp³-hybridized carbons (Fsp3) is 0.312. The number of benzene rings is 1. The van der Waals surface area contributed by atoms with Gasteiger partial charge < -0.3 is 9.64 Å². The van der Waals surface area contributed by atoms with E-state index in [2.05, 4.69) is 4.74 Å². The van der Waals surface area contributed by atoms with Crippen LogP contribution in [-0.4, -0.2) is 29.5 Å². The largest absolute Gasteiger partial charge is 0.573 e. The van der Waals surface area contributed by atoms with Gasteiger partial charge in [-0.25, -0.2) is 0 Å². The average molecular weight is 373 g/mol. The number of halogens is 3. The van der Waals surface area contributed by atoms with Gasteiger partial charge in [0.2, 0.25) is 5.91 Å². The predicted molar refractivity (Wildman–Crippen MR) is 88.1 cm³/mol. The number of carbonyl (C=O) groups excluding carboxylic acids is 1. The second-order valence-corrected chi connectivity index (χ2v) is 7.30. The quantitative estimate of drug-likeness (QED) is 0.775. The van der Waals surface area contributed by atoms with Gasteiger partial charge in [0.05, 0.1) is 5.75 Å². The zero-order valence-corrected chi connectivity index (χ0v) is 14.1. The molecule has 1 amide bonds. The smallest absolute Gasteiger partial charge is 0.406 e. The van der Waals surface area contributed by atoms with Crippen LogP contribution in [0.1, 0.15) is 15.8 Å². The molecule has 1 aliphatic rings. The molecular formula is C16H14F3NO2S2. The van der Waals surface area contributed by atoms with Gasteiger partial charge >= 0.3 is 6.36 Å². The summed E-state index contributed by atoms with van der Waals surface area (Å²) in [6.07, 6.45) is -3.99. The first-order chi connectivity index (χ1) is 11.4. The van der Waals surface area contributed by atoms with E-state index in [1.165, 1.54) is 34.8 Å². The maximum Gasteiger partial charge on any atom is 0.573 e. The number of rotatable bonds is 5. The third-order valence-corrected chi connectivity index (χ3v) is 5.72. The highest BCUT2D eigenvalue weighted by Crippen LogP contribution is 2.40. The second-order valence-electron chi connectivity index (χ2n) is 5.20. The van der Waals surface area contributed by atoms with Crippen molar-refractivity contribution in [1.29, 1.82) is 0 Å². The van der Waals surface area contributed by atoms with Crippen molar-refractivity contribution >= 4 is 29.0 Å². The number of carbonyl (C=O) groups is 1. The fourth-order valence-electron chi connectivity index (χ4n) is 2.52. The molecule has 1 saturated heterocycles. The number of ether oxygens (including phenoxy) is 1. The molecule has 128 valence electrons. The van der Waals surface area contributed by atoms with Gasteiger partial charge in [-0.05, 0) is 35.6 Å². The maximum atomic E-state index is 12.4. The SMILES string of the molecule is O=C1CSC(c2cccc(OC(F)(F)F)c2)N1CCc1cccs1. The first kappa shape index (κ1) is 17.2. The zero-order chi connectivity index (χ0) is 17.2. The monoisotopic (exact) mass is 373 g/mol. The summed E-state index contributed by atoms with van der Waals surface area (Å²) in [7, 11) is 0. The second kappa shape index (κ2) is 7.06. The molecule has 0 N–H and O–H groups in total. The lowest BCUT2D eigenvalue weighted by Crippen LogP contribution is -2.30. The van der Waals surface area contributed by atoms with Crippen molar-refractivity contribution in [2.45, 2.75) is 18.2 Å². The van der Waals surface area contributed by atoms with Crippen LogP contribution in [0.25, 0.3) is 0 Å². The lowest BCUT2D eigenvalue weighted by atomic mass is 10.2. The van der Waals surface area contributed by atoms with E-state index in [-0.39, 0.29) is 17.0 Å². The van der Waals surface area contributed by atoms with Gasteiger partial charge in [-0.15, -0.1) is 36.3 Å². The fourth-order valence-corrected chi connectivity index (χ4v) is 4.43. The number of alkyl halides is 3. The van der Waals surface area contributed by atoms with Crippen molar-refractivity contribution in [3.05, 3.63) is 52.2 Å². The summed E-state index contributed by atoms with van der Waals surface area (Å²) in [5, 5.41) is 1.69. The van der Waals surface area contributed by atoms with Crippen molar-refractivity contribution in [2.24, 2.45) is 0 Å². The first-order valence-electron chi connectivity index (χ1n) is 7.21. The lowest BCUT2D eigenvalue weighted by Gasteiger charge is -2.24. The van der Waals surface area contributed by atoms with Gasteiger partial charge in [0.1, 0.15) is 11.1 Å². The van der Waals surface area contributed by atoms with Crippen LogP contribution < -0.4 is 4.74 Å². The van der Waals surface area contributed by atoms with Crippen LogP contribution >= 0.6 is 23.1 Å². The molecule has 1 aliphatic heterocycles. The highest BCUT2D eigenvalue weighted by molar-refractivity contribution is 8.00. The Kier molecular flexibility index (Phi) is 5.05. The molecule has 1 aromatic carbocycles. The number of nitrogens with zero attached hydrogens (tertiary/aromatic N) is 1. The number of amides is 1. The summed E-state index contributed by atoms with van der Waals surface area (Å²) in [6.45, 7) is 0.543. The Hall–Kier alpha value is -1.67. The molecule has 2 aromatic rings. The van der Waals surface area contributed by atoms with E-state index in [4.69, 9.17) is 0 Å². The van der Waals surface area contributed by atoms with Gasteiger partial charge in [0, 0.05) is 11.4 Å². The van der Waals surface area contributed by atoms with E-state index in [1.807, 2.05) is 17.5 Å². The topological polar surface area (TPSA) is 29.5 Å². The Morgan fingerprint density at radius 3 is 2.79 bits per heavy atom. The summed E-state index contributed by atoms with van der Waals surface area (Å²) in [6, 6.07) is 9.80. The number of hydrogen-bond acceptors (Lipinski definition) is 4. The third-order valence-electron chi connectivity index (χ3n) is 3.52. The molecule has 0 aliphatic carbocycles. The van der Waals surface area contributed by atoms with Crippen LogP contribution in [-0.2, 0) is 11.2 Å². The minimum absolute atomic E-state index is 0.00342. The highest BCUT2D eigenvalue weighted by atomic mass is 32.2. The summed E-state index contributed by atoms with van der Waals surface area (Å²) in [5.41, 5.74) is 0.638. The Bertz CT molecular complexity index is 704. The molecule has 1 aromatic heterocycles. The van der Waals surface area contributed by atoms with Gasteiger partial charge in [-0.3, -0.25) is 4.79 Å². The van der Waals surface area contributed by atoms with Crippen molar-refractivity contribution in [3.8, 4) is 5.75 Å². The molecule has 1 unspecified atom stereocenters. The Labute approximate surface area is 145 Å². The van der Waals surface area contributed by atoms with Crippen molar-refractivity contribution in [2.75, 3.05) is 12.3 Å². The van der Waals surface area contributed by atoms with Crippen LogP contribution in [0.4, 0.5) is 13.2 Å². The van der Waals surface area contributed by atoms with Crippen LogP contribution in [0.15, 0.2) is 41.8 Å². The summed E-state index contributed by atoms with van der Waals surface area (Å²) >= 11 is 3.04. The van der Waals surface area contributed by atoms with Crippen LogP contribution in [0.5, 0.6) is 5.75 Å². The maximum absolute atomic E-state index is 12.4. The number of thiophene rings is 1. The van der Waals surface area contributed by atoms with E-state index in [9.17, 15) is 18.0 Å². The predicted octanol–water partition coefficient (Wildman–Crippen LogP) is 4.46. The molecular weight excluding hydrogens is 359 g/mol. The molecule has 24 heavy (non-hydrogen) atoms. The summed E-state index contributed by atoms with van der Waals surface area (Å²) < 4.78 is 41.1. The van der Waals surface area contributed by atoms with Gasteiger partial charge in [0.15, 0.2) is 0 Å². The van der Waals surface area contributed by atoms with E-state index in [0.29, 0.717) is 17.9 Å². The van der Waals surface area contributed by atoms with E-state index < -0.39 is 6.36 Å². The van der Waals surface area contributed by atoms with Crippen molar-refractivity contribution < 1.29 is 22.7 Å². The highest BCUT2D eigenvalue weighted by Gasteiger charge is 2.34. The molecule has 0 saturated carbocycles. The molecule has 3 nitrogen and oxygen atoms in total. The molecule has 0 radical (unpaired) electrons. The summed E-state index contributed by atoms with van der Waals surface area (Å²) in [5.74, 6) is 0.0706. The zero-order valence-electron chi connectivity index (χ0n) is 12.5. The molecule has 3 rings (SSSR count). The molecule has 1 atom stereocenters. The van der Waals surface area contributed by atoms with Crippen LogP contribution in [0, 0.1) is 0 Å². The third kappa shape index (κ3) is 4.24. The number of hydrogen-bond donors (Lipinski definition) is 0. The van der Waals surface area contributed by atoms with E-state index in [0.717, 1.165) is 6.42 Å². The molecule has 0 spiro atoms. The lowest BCUT2D eigenvalue weighted by molar-refractivity contribution is -0.274. The molecule has 1 fully saturated rings. The minimum atomic E-state index is -4.73. The van der Waals surface area contributed by atoms with Gasteiger partial charge in [-0.1, -0.05) is 18.2 Å². The van der Waals surface area contributed by atoms with Crippen LogP contribution in [0.2, 0.25) is 0 Å². The first-order valence-corrected chi connectivity index (χ1v) is 9.14. The van der Waals surface area contributed by atoms with Crippen molar-refractivity contribution in [1.82, 2.24) is 4.90 Å². The van der Waals surface area contributed by atoms with E-state index in [1.54, 1.807) is 22.3 Å². The Morgan fingerprint density at radius 2 is 2.08 bits per heavy atom. The molecule has 0 bridgehead atoms. The molecule has 2 heterocycles. The van der Waals surface area contributed by atoms with Crippen LogP contribution in [0.3, 0.4) is 0 Å². The molecule has 8 heteroatoms. The van der Waals surface area contributed by atoms with E-state index >= 15 is 0 Å². The van der Waals surface area contributed by atoms with Gasteiger partial charge in [0.25, 0.3) is 0 Å². The number of thioether (sulfide) groups is 1. The standard InChI is InChI=1S/C16H14F3NO2S2/c17-16(18,19)22-12-4-1-3-11(9-12)15-20(14(21)10-24-15)7-6-13-5-2-8-23-13/h1-5,8-9,15H,6-7,10H2. The van der Waals surface area contributed by atoms with Gasteiger partial charge in [-0.2, -0.15) is 0 Å². The average Bonchev–Trinajstić information content (AvgIpc) is 3.13. The summed E-state index contributed by atoms with van der Waals surface area (Å²) in [4.78, 5) is 15.0.